The quantitative estimate of drug-likeness (QED) is 0.166. The zero-order valence-electron chi connectivity index (χ0n) is 22.5. The smallest absolute Gasteiger partial charge is 0.282 e. The van der Waals surface area contributed by atoms with E-state index in [-0.39, 0.29) is 23.8 Å². The summed E-state index contributed by atoms with van der Waals surface area (Å²) in [4.78, 5) is 18.4. The van der Waals surface area contributed by atoms with Crippen molar-refractivity contribution in [3.8, 4) is 28.8 Å². The van der Waals surface area contributed by atoms with Gasteiger partial charge in [0.1, 0.15) is 23.8 Å². The highest BCUT2D eigenvalue weighted by Crippen LogP contribution is 2.37. The van der Waals surface area contributed by atoms with E-state index in [1.54, 1.807) is 55.6 Å². The number of para-hydroxylation sites is 1. The first-order valence-electron chi connectivity index (χ1n) is 12.8. The van der Waals surface area contributed by atoms with Crippen molar-refractivity contribution in [1.82, 2.24) is 9.66 Å². The maximum absolute atomic E-state index is 13.6. The Bertz CT molecular complexity index is 2040. The highest BCUT2D eigenvalue weighted by Gasteiger charge is 2.18. The number of ether oxygens (including phenoxy) is 3. The first-order chi connectivity index (χ1) is 20.4. The summed E-state index contributed by atoms with van der Waals surface area (Å²) in [6.45, 7) is 0.143. The fourth-order valence-electron chi connectivity index (χ4n) is 4.57. The maximum Gasteiger partial charge on any atom is 0.282 e. The van der Waals surface area contributed by atoms with E-state index in [1.807, 2.05) is 24.3 Å². The van der Waals surface area contributed by atoms with Gasteiger partial charge in [-0.2, -0.15) is 9.78 Å². The number of nitrogens with zero attached hydrogens (tertiary/aromatic N) is 3. The lowest BCUT2D eigenvalue weighted by Crippen LogP contribution is -2.20. The van der Waals surface area contributed by atoms with Crippen LogP contribution in [0, 0.1) is 5.82 Å². The van der Waals surface area contributed by atoms with Crippen LogP contribution >= 0.6 is 15.9 Å². The van der Waals surface area contributed by atoms with Gasteiger partial charge in [0.15, 0.2) is 17.3 Å². The number of aromatic nitrogens is 2. The van der Waals surface area contributed by atoms with Gasteiger partial charge >= 0.3 is 0 Å². The average molecular weight is 628 g/mol. The molecule has 0 N–H and O–H groups in total. The van der Waals surface area contributed by atoms with Crippen molar-refractivity contribution in [2.45, 2.75) is 6.61 Å². The number of methoxy groups -OCH3 is 2. The van der Waals surface area contributed by atoms with Crippen LogP contribution in [-0.4, -0.2) is 30.1 Å². The van der Waals surface area contributed by atoms with E-state index in [0.717, 1.165) is 5.39 Å². The van der Waals surface area contributed by atoms with E-state index in [0.29, 0.717) is 55.1 Å². The van der Waals surface area contributed by atoms with E-state index >= 15 is 0 Å². The van der Waals surface area contributed by atoms with Gasteiger partial charge in [0.2, 0.25) is 5.82 Å². The number of hydrogen-bond acceptors (Lipinski definition) is 7. The summed E-state index contributed by atoms with van der Waals surface area (Å²) >= 11 is 3.54. The van der Waals surface area contributed by atoms with Crippen molar-refractivity contribution in [3.63, 3.8) is 0 Å². The standard InChI is InChI=1S/C32H23BrFN3O5/c1-39-26-11-6-12-27-23(26)16-29(42-27)31-36-25-10-4-3-9-22(25)32(38)37(31)35-17-20-14-24(33)30(28(15-20)40-2)41-18-19-7-5-8-21(34)13-19/h3-17H,18H2,1-2H3. The topological polar surface area (TPSA) is 88.1 Å². The molecule has 0 saturated carbocycles. The Hall–Kier alpha value is -4.96. The second-order valence-electron chi connectivity index (χ2n) is 9.25. The molecule has 0 amide bonds. The van der Waals surface area contributed by atoms with Gasteiger partial charge in [-0.25, -0.2) is 9.37 Å². The van der Waals surface area contributed by atoms with Crippen molar-refractivity contribution < 1.29 is 23.0 Å². The third kappa shape index (κ3) is 5.24. The van der Waals surface area contributed by atoms with Crippen LogP contribution in [0.2, 0.25) is 0 Å². The minimum Gasteiger partial charge on any atom is -0.496 e. The van der Waals surface area contributed by atoms with Crippen LogP contribution in [0.3, 0.4) is 0 Å². The monoisotopic (exact) mass is 627 g/mol. The van der Waals surface area contributed by atoms with E-state index < -0.39 is 0 Å². The summed E-state index contributed by atoms with van der Waals surface area (Å²) < 4.78 is 38.5. The Morgan fingerprint density at radius 2 is 1.76 bits per heavy atom. The molecule has 0 radical (unpaired) electrons. The van der Waals surface area contributed by atoms with Crippen LogP contribution in [0.1, 0.15) is 11.1 Å². The van der Waals surface area contributed by atoms with Crippen LogP contribution in [0.15, 0.2) is 104 Å². The molecule has 0 spiro atoms. The van der Waals surface area contributed by atoms with Gasteiger partial charge in [0, 0.05) is 0 Å². The van der Waals surface area contributed by atoms with Crippen molar-refractivity contribution in [2.24, 2.45) is 5.10 Å². The van der Waals surface area contributed by atoms with Gasteiger partial charge in [-0.1, -0.05) is 30.3 Å². The number of halogens is 2. The molecule has 2 aromatic heterocycles. The number of hydrogen-bond donors (Lipinski definition) is 0. The van der Waals surface area contributed by atoms with Gasteiger partial charge in [0.05, 0.1) is 41.2 Å². The molecule has 0 aliphatic rings. The normalized spacial score (nSPS) is 11.4. The SMILES string of the molecule is COc1cc(C=Nn2c(-c3cc4c(OC)cccc4o3)nc3ccccc3c2=O)cc(Br)c1OCc1cccc(F)c1. The molecule has 0 aliphatic carbocycles. The summed E-state index contributed by atoms with van der Waals surface area (Å²) in [5, 5.41) is 5.69. The zero-order chi connectivity index (χ0) is 29.2. The van der Waals surface area contributed by atoms with Gasteiger partial charge < -0.3 is 18.6 Å². The van der Waals surface area contributed by atoms with E-state index in [1.165, 1.54) is 30.1 Å². The molecule has 10 heteroatoms. The Labute approximate surface area is 247 Å². The summed E-state index contributed by atoms with van der Waals surface area (Å²) in [6, 6.07) is 24.0. The molecule has 0 atom stereocenters. The summed E-state index contributed by atoms with van der Waals surface area (Å²) in [7, 11) is 3.10. The van der Waals surface area contributed by atoms with Crippen LogP contribution in [-0.2, 0) is 6.61 Å². The van der Waals surface area contributed by atoms with Crippen molar-refractivity contribution in [2.75, 3.05) is 14.2 Å². The van der Waals surface area contributed by atoms with Gasteiger partial charge in [-0.3, -0.25) is 4.79 Å². The predicted octanol–water partition coefficient (Wildman–Crippen LogP) is 7.19. The summed E-state index contributed by atoms with van der Waals surface area (Å²) in [6.07, 6.45) is 1.52. The second-order valence-corrected chi connectivity index (χ2v) is 10.1. The molecule has 42 heavy (non-hydrogen) atoms. The number of fused-ring (bicyclic) bond motifs is 2. The third-order valence-electron chi connectivity index (χ3n) is 6.56. The summed E-state index contributed by atoms with van der Waals surface area (Å²) in [5.74, 6) is 1.76. The number of rotatable bonds is 8. The fraction of sp³-hybridized carbons (Fsp3) is 0.0938. The second kappa shape index (κ2) is 11.5. The number of benzene rings is 4. The van der Waals surface area contributed by atoms with Crippen molar-refractivity contribution in [3.05, 3.63) is 117 Å². The Balaban J connectivity index is 1.41. The molecule has 0 aliphatic heterocycles. The van der Waals surface area contributed by atoms with Crippen LogP contribution in [0.25, 0.3) is 33.5 Å². The lowest BCUT2D eigenvalue weighted by atomic mass is 10.2. The molecule has 2 heterocycles. The minimum atomic E-state index is -0.361. The maximum atomic E-state index is 13.6. The molecule has 0 fully saturated rings. The third-order valence-corrected chi connectivity index (χ3v) is 7.15. The van der Waals surface area contributed by atoms with Crippen molar-refractivity contribution >= 4 is 44.0 Å². The van der Waals surface area contributed by atoms with E-state index in [2.05, 4.69) is 21.0 Å². The highest BCUT2D eigenvalue weighted by molar-refractivity contribution is 9.10. The first-order valence-corrected chi connectivity index (χ1v) is 13.6. The first kappa shape index (κ1) is 27.2. The Morgan fingerprint density at radius 1 is 0.952 bits per heavy atom. The van der Waals surface area contributed by atoms with Crippen molar-refractivity contribution in [1.29, 1.82) is 0 Å². The lowest BCUT2D eigenvalue weighted by molar-refractivity contribution is 0.282. The largest absolute Gasteiger partial charge is 0.496 e. The highest BCUT2D eigenvalue weighted by atomic mass is 79.9. The summed E-state index contributed by atoms with van der Waals surface area (Å²) in [5.41, 5.74) is 2.04. The number of furan rings is 1. The van der Waals surface area contributed by atoms with E-state index in [4.69, 9.17) is 23.6 Å². The van der Waals surface area contributed by atoms with Crippen LogP contribution in [0.4, 0.5) is 4.39 Å². The van der Waals surface area contributed by atoms with Gasteiger partial charge in [-0.15, -0.1) is 0 Å². The van der Waals surface area contributed by atoms with Gasteiger partial charge in [0.25, 0.3) is 5.56 Å². The Morgan fingerprint density at radius 3 is 2.57 bits per heavy atom. The lowest BCUT2D eigenvalue weighted by Gasteiger charge is -2.14. The molecular weight excluding hydrogens is 605 g/mol. The minimum absolute atomic E-state index is 0.143. The predicted molar refractivity (Wildman–Crippen MR) is 162 cm³/mol. The molecule has 8 nitrogen and oxygen atoms in total. The Kier molecular flexibility index (Phi) is 7.45. The molecule has 210 valence electrons. The molecule has 0 saturated heterocycles. The molecule has 4 aromatic carbocycles. The van der Waals surface area contributed by atoms with Gasteiger partial charge in [-0.05, 0) is 81.7 Å². The fourth-order valence-corrected chi connectivity index (χ4v) is 5.15. The van der Waals surface area contributed by atoms with Crippen LogP contribution < -0.4 is 19.8 Å². The average Bonchev–Trinajstić information content (AvgIpc) is 3.44. The zero-order valence-corrected chi connectivity index (χ0v) is 24.1. The molecule has 6 aromatic rings. The molecule has 0 bridgehead atoms. The molecule has 0 unspecified atom stereocenters. The molecular formula is C32H23BrFN3O5. The van der Waals surface area contributed by atoms with E-state index in [9.17, 15) is 9.18 Å². The van der Waals surface area contributed by atoms with Crippen LogP contribution in [0.5, 0.6) is 17.2 Å². The molecule has 6 rings (SSSR count).